The third kappa shape index (κ3) is 4.70. The SMILES string of the molecule is CCSCC=C(CC)C(F)(F)F. The molecule has 0 rings (SSSR count). The summed E-state index contributed by atoms with van der Waals surface area (Å²) in [6.07, 6.45) is -2.80. The van der Waals surface area contributed by atoms with Crippen LogP contribution in [0.15, 0.2) is 11.6 Å². The quantitative estimate of drug-likeness (QED) is 0.491. The van der Waals surface area contributed by atoms with Crippen molar-refractivity contribution in [2.24, 2.45) is 0 Å². The van der Waals surface area contributed by atoms with E-state index in [-0.39, 0.29) is 6.42 Å². The molecule has 0 fully saturated rings. The lowest BCUT2D eigenvalue weighted by Crippen LogP contribution is -2.11. The fourth-order valence-corrected chi connectivity index (χ4v) is 1.29. The predicted molar refractivity (Wildman–Crippen MR) is 47.4 cm³/mol. The molecular formula is C8H13F3S. The Morgan fingerprint density at radius 1 is 1.33 bits per heavy atom. The lowest BCUT2D eigenvalue weighted by Gasteiger charge is -2.08. The Balaban J connectivity index is 4.05. The highest BCUT2D eigenvalue weighted by atomic mass is 32.2. The van der Waals surface area contributed by atoms with Gasteiger partial charge < -0.3 is 0 Å². The number of rotatable bonds is 4. The Morgan fingerprint density at radius 3 is 2.25 bits per heavy atom. The van der Waals surface area contributed by atoms with E-state index in [9.17, 15) is 13.2 Å². The van der Waals surface area contributed by atoms with Crippen molar-refractivity contribution in [2.75, 3.05) is 11.5 Å². The van der Waals surface area contributed by atoms with Gasteiger partial charge in [0.2, 0.25) is 0 Å². The zero-order valence-corrected chi connectivity index (χ0v) is 8.06. The molecule has 0 aromatic rings. The fraction of sp³-hybridized carbons (Fsp3) is 0.750. The molecular weight excluding hydrogens is 185 g/mol. The van der Waals surface area contributed by atoms with Crippen LogP contribution >= 0.6 is 11.8 Å². The van der Waals surface area contributed by atoms with Crippen LogP contribution in [0.2, 0.25) is 0 Å². The zero-order valence-electron chi connectivity index (χ0n) is 7.24. The van der Waals surface area contributed by atoms with Gasteiger partial charge >= 0.3 is 6.18 Å². The Bertz CT molecular complexity index is 149. The van der Waals surface area contributed by atoms with Crippen LogP contribution in [0, 0.1) is 0 Å². The summed E-state index contributed by atoms with van der Waals surface area (Å²) in [5.74, 6) is 1.31. The molecule has 0 bridgehead atoms. The highest BCUT2D eigenvalue weighted by Gasteiger charge is 2.31. The van der Waals surface area contributed by atoms with Crippen LogP contribution < -0.4 is 0 Å². The van der Waals surface area contributed by atoms with Crippen molar-refractivity contribution in [3.8, 4) is 0 Å². The van der Waals surface area contributed by atoms with E-state index in [4.69, 9.17) is 0 Å². The summed E-state index contributed by atoms with van der Waals surface area (Å²) < 4.78 is 36.2. The Kier molecular flexibility index (Phi) is 5.46. The first-order chi connectivity index (χ1) is 5.52. The largest absolute Gasteiger partial charge is 0.412 e. The van der Waals surface area contributed by atoms with Gasteiger partial charge in [0.05, 0.1) is 0 Å². The first-order valence-electron chi connectivity index (χ1n) is 3.86. The maximum atomic E-state index is 12.1. The fourth-order valence-electron chi connectivity index (χ4n) is 0.738. The third-order valence-corrected chi connectivity index (χ3v) is 2.21. The van der Waals surface area contributed by atoms with Crippen LogP contribution in [0.3, 0.4) is 0 Å². The highest BCUT2D eigenvalue weighted by Crippen LogP contribution is 2.28. The van der Waals surface area contributed by atoms with Gasteiger partial charge in [0.25, 0.3) is 0 Å². The maximum Gasteiger partial charge on any atom is 0.412 e. The average Bonchev–Trinajstić information content (AvgIpc) is 1.95. The predicted octanol–water partition coefficient (Wildman–Crippen LogP) is 3.64. The molecule has 12 heavy (non-hydrogen) atoms. The first-order valence-corrected chi connectivity index (χ1v) is 5.01. The zero-order chi connectivity index (χ0) is 9.61. The Morgan fingerprint density at radius 2 is 1.92 bits per heavy atom. The summed E-state index contributed by atoms with van der Waals surface area (Å²) >= 11 is 1.49. The number of thioether (sulfide) groups is 1. The minimum Gasteiger partial charge on any atom is -0.166 e. The van der Waals surface area contributed by atoms with Crippen LogP contribution in [0.4, 0.5) is 13.2 Å². The number of alkyl halides is 3. The van der Waals surface area contributed by atoms with Gasteiger partial charge in [-0.3, -0.25) is 0 Å². The standard InChI is InChI=1S/C8H13F3S/c1-3-7(8(9,10)11)5-6-12-4-2/h5H,3-4,6H2,1-2H3. The second kappa shape index (κ2) is 5.51. The number of allylic oxidation sites excluding steroid dienone is 1. The molecule has 0 nitrogen and oxygen atoms in total. The van der Waals surface area contributed by atoms with E-state index >= 15 is 0 Å². The lowest BCUT2D eigenvalue weighted by molar-refractivity contribution is -0.0936. The highest BCUT2D eigenvalue weighted by molar-refractivity contribution is 7.99. The van der Waals surface area contributed by atoms with E-state index in [1.54, 1.807) is 0 Å². The van der Waals surface area contributed by atoms with Crippen molar-refractivity contribution in [1.82, 2.24) is 0 Å². The molecule has 0 aliphatic rings. The molecule has 0 heterocycles. The smallest absolute Gasteiger partial charge is 0.166 e. The van der Waals surface area contributed by atoms with E-state index in [2.05, 4.69) is 0 Å². The van der Waals surface area contributed by atoms with Crippen LogP contribution in [0.1, 0.15) is 20.3 Å². The summed E-state index contributed by atoms with van der Waals surface area (Å²) in [5.41, 5.74) is -0.413. The number of halogens is 3. The normalized spacial score (nSPS) is 13.6. The van der Waals surface area contributed by atoms with E-state index in [1.165, 1.54) is 24.8 Å². The Hall–Kier alpha value is -0.120. The van der Waals surface area contributed by atoms with Crippen molar-refractivity contribution in [3.05, 3.63) is 11.6 Å². The van der Waals surface area contributed by atoms with Crippen molar-refractivity contribution < 1.29 is 13.2 Å². The molecule has 0 amide bonds. The molecule has 0 saturated carbocycles. The van der Waals surface area contributed by atoms with E-state index in [1.807, 2.05) is 6.92 Å². The molecule has 4 heteroatoms. The summed E-state index contributed by atoms with van der Waals surface area (Å²) in [5, 5.41) is 0. The molecule has 0 aliphatic carbocycles. The molecule has 0 aliphatic heterocycles. The number of hydrogen-bond donors (Lipinski definition) is 0. The van der Waals surface area contributed by atoms with Crippen molar-refractivity contribution >= 4 is 11.8 Å². The number of hydrogen-bond acceptors (Lipinski definition) is 1. The Labute approximate surface area is 75.2 Å². The van der Waals surface area contributed by atoms with E-state index in [0.29, 0.717) is 5.75 Å². The minimum atomic E-state index is -4.14. The molecule has 72 valence electrons. The average molecular weight is 198 g/mol. The molecule has 0 aromatic carbocycles. The molecule has 0 saturated heterocycles. The summed E-state index contributed by atoms with van der Waals surface area (Å²) in [4.78, 5) is 0. The van der Waals surface area contributed by atoms with Crippen LogP contribution in [0.25, 0.3) is 0 Å². The maximum absolute atomic E-state index is 12.1. The monoisotopic (exact) mass is 198 g/mol. The van der Waals surface area contributed by atoms with Crippen molar-refractivity contribution in [3.63, 3.8) is 0 Å². The van der Waals surface area contributed by atoms with E-state index in [0.717, 1.165) is 5.75 Å². The van der Waals surface area contributed by atoms with Gasteiger partial charge in [-0.1, -0.05) is 19.9 Å². The van der Waals surface area contributed by atoms with Gasteiger partial charge in [-0.25, -0.2) is 0 Å². The van der Waals surface area contributed by atoms with Gasteiger partial charge in [0.15, 0.2) is 0 Å². The van der Waals surface area contributed by atoms with Gasteiger partial charge in [-0.15, -0.1) is 0 Å². The van der Waals surface area contributed by atoms with Crippen molar-refractivity contribution in [1.29, 1.82) is 0 Å². The van der Waals surface area contributed by atoms with Gasteiger partial charge in [-0.05, 0) is 12.2 Å². The molecule has 0 spiro atoms. The molecule has 0 atom stereocenters. The summed E-state index contributed by atoms with van der Waals surface area (Å²) in [7, 11) is 0. The van der Waals surface area contributed by atoms with Gasteiger partial charge in [0, 0.05) is 11.3 Å². The third-order valence-electron chi connectivity index (χ3n) is 1.40. The summed E-state index contributed by atoms with van der Waals surface area (Å²) in [6.45, 7) is 3.45. The van der Waals surface area contributed by atoms with Crippen LogP contribution in [0.5, 0.6) is 0 Å². The van der Waals surface area contributed by atoms with Crippen LogP contribution in [-0.2, 0) is 0 Å². The summed E-state index contributed by atoms with van der Waals surface area (Å²) in [6, 6.07) is 0. The van der Waals surface area contributed by atoms with Gasteiger partial charge in [0.1, 0.15) is 0 Å². The second-order valence-corrected chi connectivity index (χ2v) is 3.56. The molecule has 0 N–H and O–H groups in total. The first kappa shape index (κ1) is 11.9. The second-order valence-electron chi connectivity index (χ2n) is 2.24. The molecule has 0 unspecified atom stereocenters. The lowest BCUT2D eigenvalue weighted by atomic mass is 10.2. The van der Waals surface area contributed by atoms with Gasteiger partial charge in [-0.2, -0.15) is 24.9 Å². The topological polar surface area (TPSA) is 0 Å². The molecule has 0 aromatic heterocycles. The molecule has 0 radical (unpaired) electrons. The van der Waals surface area contributed by atoms with Crippen molar-refractivity contribution in [2.45, 2.75) is 26.4 Å². The van der Waals surface area contributed by atoms with E-state index < -0.39 is 11.7 Å². The van der Waals surface area contributed by atoms with Crippen LogP contribution in [-0.4, -0.2) is 17.7 Å². The minimum absolute atomic E-state index is 0.0633.